The lowest BCUT2D eigenvalue weighted by Gasteiger charge is -2.39. The van der Waals surface area contributed by atoms with Crippen molar-refractivity contribution in [2.75, 3.05) is 13.2 Å². The number of halogens is 1. The monoisotopic (exact) mass is 464 g/mol. The molecule has 1 saturated carbocycles. The van der Waals surface area contributed by atoms with E-state index in [1.165, 1.54) is 12.1 Å². The van der Waals surface area contributed by atoms with Gasteiger partial charge in [-0.1, -0.05) is 26.2 Å². The second-order valence-corrected chi connectivity index (χ2v) is 9.22. The van der Waals surface area contributed by atoms with E-state index in [4.69, 9.17) is 14.5 Å². The lowest BCUT2D eigenvalue weighted by Crippen LogP contribution is -2.56. The van der Waals surface area contributed by atoms with E-state index in [0.29, 0.717) is 30.4 Å². The van der Waals surface area contributed by atoms with Crippen molar-refractivity contribution in [2.24, 2.45) is 11.8 Å². The standard InChI is InChI=1S/C26H29FN4O3/c1-17-15-33-26(34-16-17,31-24(32)20-5-3-2-4-6-20)25-29-22(18-7-9-21(27)10-8-18)23(30-25)19-11-13-28-14-12-19/h7-14,17,20H,2-6,15-16H2,1H3,(H,29,30)(H,31,32). The molecule has 3 heterocycles. The summed E-state index contributed by atoms with van der Waals surface area (Å²) in [7, 11) is 0. The van der Waals surface area contributed by atoms with E-state index in [2.05, 4.69) is 15.3 Å². The topological polar surface area (TPSA) is 89.1 Å². The van der Waals surface area contributed by atoms with Crippen LogP contribution in [-0.2, 0) is 20.2 Å². The lowest BCUT2D eigenvalue weighted by molar-refractivity contribution is -0.308. The minimum Gasteiger partial charge on any atom is -0.335 e. The summed E-state index contributed by atoms with van der Waals surface area (Å²) >= 11 is 0. The van der Waals surface area contributed by atoms with Gasteiger partial charge in [-0.05, 0) is 49.2 Å². The molecule has 2 aliphatic rings. The first kappa shape index (κ1) is 22.7. The van der Waals surface area contributed by atoms with E-state index < -0.39 is 5.91 Å². The summed E-state index contributed by atoms with van der Waals surface area (Å²) < 4.78 is 25.9. The fourth-order valence-electron chi connectivity index (χ4n) is 4.58. The highest BCUT2D eigenvalue weighted by Gasteiger charge is 2.45. The molecule has 2 fully saturated rings. The van der Waals surface area contributed by atoms with Gasteiger partial charge in [0.2, 0.25) is 5.91 Å². The third kappa shape index (κ3) is 4.60. The van der Waals surface area contributed by atoms with Crippen LogP contribution in [0.5, 0.6) is 0 Å². The molecular formula is C26H29FN4O3. The van der Waals surface area contributed by atoms with E-state index in [-0.39, 0.29) is 23.6 Å². The fourth-order valence-corrected chi connectivity index (χ4v) is 4.58. The van der Waals surface area contributed by atoms with Gasteiger partial charge in [0.05, 0.1) is 24.6 Å². The second-order valence-electron chi connectivity index (χ2n) is 9.22. The number of aromatic nitrogens is 3. The van der Waals surface area contributed by atoms with Crippen molar-refractivity contribution in [2.45, 2.75) is 44.9 Å². The van der Waals surface area contributed by atoms with Gasteiger partial charge in [0, 0.05) is 35.4 Å². The Morgan fingerprint density at radius 2 is 1.71 bits per heavy atom. The quantitative estimate of drug-likeness (QED) is 0.568. The zero-order valence-corrected chi connectivity index (χ0v) is 19.2. The minimum absolute atomic E-state index is 0.0663. The third-order valence-corrected chi connectivity index (χ3v) is 6.51. The smallest absolute Gasteiger partial charge is 0.314 e. The average Bonchev–Trinajstić information content (AvgIpc) is 3.33. The normalized spacial score (nSPS) is 23.5. The highest BCUT2D eigenvalue weighted by molar-refractivity contribution is 5.80. The summed E-state index contributed by atoms with van der Waals surface area (Å²) in [5.74, 6) is -1.45. The summed E-state index contributed by atoms with van der Waals surface area (Å²) in [5, 5.41) is 3.04. The van der Waals surface area contributed by atoms with E-state index in [0.717, 1.165) is 43.2 Å². The van der Waals surface area contributed by atoms with Crippen LogP contribution in [0.2, 0.25) is 0 Å². The van der Waals surface area contributed by atoms with Crippen molar-refractivity contribution in [3.8, 4) is 22.5 Å². The van der Waals surface area contributed by atoms with Crippen molar-refractivity contribution < 1.29 is 18.7 Å². The summed E-state index contributed by atoms with van der Waals surface area (Å²) in [6.07, 6.45) is 8.37. The maximum atomic E-state index is 13.6. The molecule has 178 valence electrons. The van der Waals surface area contributed by atoms with Crippen LogP contribution in [0.25, 0.3) is 22.5 Å². The van der Waals surface area contributed by atoms with Gasteiger partial charge in [0.25, 0.3) is 0 Å². The number of nitrogens with one attached hydrogen (secondary N) is 2. The second kappa shape index (κ2) is 9.64. The number of amides is 1. The van der Waals surface area contributed by atoms with Crippen molar-refractivity contribution in [3.63, 3.8) is 0 Å². The van der Waals surface area contributed by atoms with Crippen molar-refractivity contribution in [3.05, 3.63) is 60.4 Å². The Hall–Kier alpha value is -3.10. The molecule has 1 amide bonds. The number of hydrogen-bond acceptors (Lipinski definition) is 5. The first-order valence-electron chi connectivity index (χ1n) is 11.9. The van der Waals surface area contributed by atoms with E-state index in [9.17, 15) is 9.18 Å². The zero-order valence-electron chi connectivity index (χ0n) is 19.2. The Bertz CT molecular complexity index is 1120. The van der Waals surface area contributed by atoms with Crippen LogP contribution >= 0.6 is 0 Å². The zero-order chi connectivity index (χ0) is 23.5. The average molecular weight is 465 g/mol. The first-order chi connectivity index (χ1) is 16.5. The molecule has 2 N–H and O–H groups in total. The molecule has 34 heavy (non-hydrogen) atoms. The molecular weight excluding hydrogens is 435 g/mol. The number of pyridine rings is 1. The molecule has 0 spiro atoms. The Kier molecular flexibility index (Phi) is 6.43. The Labute approximate surface area is 198 Å². The van der Waals surface area contributed by atoms with E-state index in [1.54, 1.807) is 24.5 Å². The van der Waals surface area contributed by atoms with Crippen molar-refractivity contribution >= 4 is 5.91 Å². The number of benzene rings is 1. The van der Waals surface area contributed by atoms with Crippen LogP contribution in [0.3, 0.4) is 0 Å². The molecule has 0 radical (unpaired) electrons. The van der Waals surface area contributed by atoms with Gasteiger partial charge in [0.1, 0.15) is 5.82 Å². The molecule has 8 heteroatoms. The number of rotatable bonds is 5. The predicted octanol–water partition coefficient (Wildman–Crippen LogP) is 4.77. The van der Waals surface area contributed by atoms with Crippen LogP contribution in [0.1, 0.15) is 44.9 Å². The lowest BCUT2D eigenvalue weighted by atomic mass is 9.88. The van der Waals surface area contributed by atoms with Crippen LogP contribution < -0.4 is 5.32 Å². The van der Waals surface area contributed by atoms with Crippen molar-refractivity contribution in [1.29, 1.82) is 0 Å². The van der Waals surface area contributed by atoms with Crippen LogP contribution in [-0.4, -0.2) is 34.1 Å². The predicted molar refractivity (Wildman–Crippen MR) is 125 cm³/mol. The SMILES string of the molecule is CC1COC(NC(=O)C2CCCCC2)(c2nc(-c3ccc(F)cc3)c(-c3ccncc3)[nH]2)OC1. The molecule has 7 nitrogen and oxygen atoms in total. The summed E-state index contributed by atoms with van der Waals surface area (Å²) in [6.45, 7) is 2.87. The van der Waals surface area contributed by atoms with Gasteiger partial charge in [-0.25, -0.2) is 9.37 Å². The number of imidazole rings is 1. The summed E-state index contributed by atoms with van der Waals surface area (Å²) in [6, 6.07) is 9.88. The van der Waals surface area contributed by atoms with E-state index in [1.807, 2.05) is 19.1 Å². The molecule has 0 unspecified atom stereocenters. The van der Waals surface area contributed by atoms with Crippen LogP contribution in [0.15, 0.2) is 48.8 Å². The van der Waals surface area contributed by atoms with Gasteiger partial charge in [-0.2, -0.15) is 0 Å². The van der Waals surface area contributed by atoms with Gasteiger partial charge in [-0.15, -0.1) is 0 Å². The van der Waals surface area contributed by atoms with Crippen LogP contribution in [0, 0.1) is 17.7 Å². The molecule has 5 rings (SSSR count). The molecule has 2 aromatic heterocycles. The number of hydrogen-bond donors (Lipinski definition) is 2. The number of carbonyl (C=O) groups is 1. The summed E-state index contributed by atoms with van der Waals surface area (Å²) in [5.41, 5.74) is 2.90. The largest absolute Gasteiger partial charge is 0.335 e. The van der Waals surface area contributed by atoms with Crippen molar-refractivity contribution in [1.82, 2.24) is 20.3 Å². The summed E-state index contributed by atoms with van der Waals surface area (Å²) in [4.78, 5) is 25.5. The minimum atomic E-state index is -1.51. The molecule has 0 bridgehead atoms. The number of aromatic amines is 1. The van der Waals surface area contributed by atoms with Gasteiger partial charge < -0.3 is 14.5 Å². The number of ether oxygens (including phenoxy) is 2. The molecule has 1 aliphatic heterocycles. The number of carbonyl (C=O) groups excluding carboxylic acids is 1. The van der Waals surface area contributed by atoms with E-state index >= 15 is 0 Å². The number of nitrogens with zero attached hydrogens (tertiary/aromatic N) is 2. The van der Waals surface area contributed by atoms with Gasteiger partial charge in [-0.3, -0.25) is 15.1 Å². The van der Waals surface area contributed by atoms with Crippen LogP contribution in [0.4, 0.5) is 4.39 Å². The highest BCUT2D eigenvalue weighted by atomic mass is 19.1. The highest BCUT2D eigenvalue weighted by Crippen LogP contribution is 2.36. The fraction of sp³-hybridized carbons (Fsp3) is 0.423. The van der Waals surface area contributed by atoms with Gasteiger partial charge in [0.15, 0.2) is 5.82 Å². The molecule has 0 atom stereocenters. The Morgan fingerprint density at radius 1 is 1.03 bits per heavy atom. The maximum absolute atomic E-state index is 13.6. The molecule has 1 aliphatic carbocycles. The molecule has 3 aromatic rings. The van der Waals surface area contributed by atoms with Gasteiger partial charge >= 0.3 is 5.91 Å². The molecule has 1 aromatic carbocycles. The Balaban J connectivity index is 1.57. The molecule has 1 saturated heterocycles. The maximum Gasteiger partial charge on any atom is 0.314 e. The first-order valence-corrected chi connectivity index (χ1v) is 11.9. The Morgan fingerprint density at radius 3 is 2.38 bits per heavy atom. The number of H-pyrrole nitrogens is 1. The third-order valence-electron chi connectivity index (χ3n) is 6.51.